The number of halogens is 1. The van der Waals surface area contributed by atoms with Crippen LogP contribution >= 0.6 is 11.6 Å². The summed E-state index contributed by atoms with van der Waals surface area (Å²) in [4.78, 5) is 16.3. The summed E-state index contributed by atoms with van der Waals surface area (Å²) in [5, 5.41) is 0.467. The molecule has 6 rings (SSSR count). The molecule has 2 aromatic rings. The van der Waals surface area contributed by atoms with Crippen LogP contribution in [0.4, 0.5) is 5.69 Å². The van der Waals surface area contributed by atoms with Gasteiger partial charge in [0.05, 0.1) is 46.6 Å². The molecule has 1 N–H and O–H groups in total. The number of hydrogen-bond donors (Lipinski definition) is 1. The fourth-order valence-corrected chi connectivity index (χ4v) is 11.2. The summed E-state index contributed by atoms with van der Waals surface area (Å²) in [5.74, 6) is 5.40. The van der Waals surface area contributed by atoms with Gasteiger partial charge in [-0.15, -0.1) is 0 Å². The summed E-state index contributed by atoms with van der Waals surface area (Å²) in [6, 6.07) is 11.9. The number of nitrogens with one attached hydrogen (secondary N) is 1. The SMILES string of the molecule is C=S1(=O)NC(=O)c2ccc3c(c2)N(C[C@@H]2CC[C@H]2[C@@H](OCCOC)/C=C/C[C@@H](C)[C@@H]1C(C)C)C[C@@]1(CCCc2cc(Cl)ccc21)CO3. The number of nitrogens with zero attached hydrogens (tertiary/aromatic N) is 1. The minimum atomic E-state index is -2.97. The van der Waals surface area contributed by atoms with E-state index in [1.807, 2.05) is 18.2 Å². The summed E-state index contributed by atoms with van der Waals surface area (Å²) in [6.45, 7) is 9.44. The maximum Gasteiger partial charge on any atom is 0.262 e. The molecule has 256 valence electrons. The highest BCUT2D eigenvalue weighted by molar-refractivity contribution is 7.99. The smallest absolute Gasteiger partial charge is 0.262 e. The molecule has 7 nitrogen and oxygen atoms in total. The average molecular weight is 683 g/mol. The van der Waals surface area contributed by atoms with Gasteiger partial charge in [0.2, 0.25) is 0 Å². The van der Waals surface area contributed by atoms with Gasteiger partial charge in [-0.25, -0.2) is 4.21 Å². The molecule has 7 atom stereocenters. The second-order valence-corrected chi connectivity index (χ2v) is 17.3. The molecule has 2 aliphatic heterocycles. The fourth-order valence-electron chi connectivity index (χ4n) is 8.70. The zero-order chi connectivity index (χ0) is 33.3. The number of anilines is 1. The molecular weight excluding hydrogens is 632 g/mol. The summed E-state index contributed by atoms with van der Waals surface area (Å²) in [5.41, 5.74) is 3.77. The molecule has 0 aromatic heterocycles. The number of rotatable bonds is 5. The molecule has 47 heavy (non-hydrogen) atoms. The number of methoxy groups -OCH3 is 1. The topological polar surface area (TPSA) is 77.1 Å². The predicted octanol–water partition coefficient (Wildman–Crippen LogP) is 6.85. The van der Waals surface area contributed by atoms with Gasteiger partial charge in [0, 0.05) is 36.2 Å². The molecule has 1 unspecified atom stereocenters. The first-order valence-corrected chi connectivity index (χ1v) is 19.4. The molecule has 2 aromatic carbocycles. The number of aryl methyl sites for hydroxylation is 1. The standard InChI is InChI=1S/C38H51ClN2O5S/c1-25(2)36-26(3)8-6-10-34(45-19-18-44-4)31-14-11-29(31)22-41-23-38(17-7-9-27-20-30(39)13-15-32(27)38)24-46-35-16-12-28(21-33(35)41)37(42)40-47(36,5)43/h6,10,12-13,15-16,20-21,25-26,29,31,34,36H,5,7-9,11,14,17-19,22-24H2,1-4H3,(H,40,42,43)/b10-6+/t26-,29+,31-,34+,36+,38+,47?/m1/s1. The van der Waals surface area contributed by atoms with Gasteiger partial charge >= 0.3 is 0 Å². The van der Waals surface area contributed by atoms with Gasteiger partial charge in [-0.1, -0.05) is 50.6 Å². The number of carbonyl (C=O) groups excluding carboxylic acids is 1. The highest BCUT2D eigenvalue weighted by atomic mass is 35.5. The van der Waals surface area contributed by atoms with E-state index in [1.54, 1.807) is 13.2 Å². The number of amides is 1. The first-order chi connectivity index (χ1) is 22.5. The fraction of sp³-hybridized carbons (Fsp3) is 0.579. The van der Waals surface area contributed by atoms with E-state index in [9.17, 15) is 9.00 Å². The van der Waals surface area contributed by atoms with E-state index in [1.165, 1.54) is 11.1 Å². The van der Waals surface area contributed by atoms with E-state index in [-0.39, 0.29) is 34.5 Å². The van der Waals surface area contributed by atoms with Gasteiger partial charge in [-0.2, -0.15) is 0 Å². The second kappa shape index (κ2) is 14.1. The Morgan fingerprint density at radius 2 is 2.02 bits per heavy atom. The van der Waals surface area contributed by atoms with Crippen LogP contribution in [0.1, 0.15) is 74.4 Å². The van der Waals surface area contributed by atoms with Crippen molar-refractivity contribution in [3.05, 3.63) is 70.3 Å². The lowest BCUT2D eigenvalue weighted by atomic mass is 9.68. The number of hydrogen-bond acceptors (Lipinski definition) is 6. The van der Waals surface area contributed by atoms with Gasteiger partial charge in [0.1, 0.15) is 5.75 Å². The van der Waals surface area contributed by atoms with Crippen molar-refractivity contribution in [3.63, 3.8) is 0 Å². The third kappa shape index (κ3) is 7.12. The number of ether oxygens (including phenoxy) is 3. The third-order valence-electron chi connectivity index (χ3n) is 11.0. The minimum absolute atomic E-state index is 0.0362. The summed E-state index contributed by atoms with van der Waals surface area (Å²) < 4.78 is 35.6. The molecule has 1 spiro atoms. The Morgan fingerprint density at radius 1 is 1.19 bits per heavy atom. The van der Waals surface area contributed by atoms with Gasteiger partial charge < -0.3 is 19.1 Å². The van der Waals surface area contributed by atoms with E-state index in [0.717, 1.165) is 68.1 Å². The lowest BCUT2D eigenvalue weighted by Crippen LogP contribution is -2.49. The zero-order valence-corrected chi connectivity index (χ0v) is 29.9. The molecule has 9 heteroatoms. The van der Waals surface area contributed by atoms with Crippen molar-refractivity contribution in [3.8, 4) is 5.75 Å². The maximum atomic E-state index is 14.2. The summed E-state index contributed by atoms with van der Waals surface area (Å²) in [7, 11) is -1.27. The Labute approximate surface area is 286 Å². The molecule has 2 bridgehead atoms. The molecule has 2 aliphatic carbocycles. The van der Waals surface area contributed by atoms with Crippen LogP contribution in [0.5, 0.6) is 5.75 Å². The predicted molar refractivity (Wildman–Crippen MR) is 192 cm³/mol. The number of fused-ring (bicyclic) bond motifs is 4. The molecule has 1 amide bonds. The average Bonchev–Trinajstić information content (AvgIpc) is 3.15. The van der Waals surface area contributed by atoms with Crippen LogP contribution < -0.4 is 14.4 Å². The Kier molecular flexibility index (Phi) is 10.3. The molecule has 0 saturated heterocycles. The molecule has 2 heterocycles. The molecule has 0 radical (unpaired) electrons. The Morgan fingerprint density at radius 3 is 2.77 bits per heavy atom. The molecular formula is C38H51ClN2O5S. The molecule has 1 saturated carbocycles. The van der Waals surface area contributed by atoms with Gasteiger partial charge in [-0.05, 0) is 110 Å². The quantitative estimate of drug-likeness (QED) is 0.211. The summed E-state index contributed by atoms with van der Waals surface area (Å²) >= 11 is 6.46. The lowest BCUT2D eigenvalue weighted by Gasteiger charge is -2.46. The Bertz CT molecular complexity index is 1590. The van der Waals surface area contributed by atoms with Crippen molar-refractivity contribution in [2.45, 2.75) is 76.1 Å². The van der Waals surface area contributed by atoms with Crippen LogP contribution in [0.2, 0.25) is 5.02 Å². The van der Waals surface area contributed by atoms with Crippen molar-refractivity contribution in [2.24, 2.45) is 23.7 Å². The van der Waals surface area contributed by atoms with Crippen molar-refractivity contribution in [1.82, 2.24) is 4.72 Å². The van der Waals surface area contributed by atoms with Gasteiger partial charge in [0.15, 0.2) is 0 Å². The van der Waals surface area contributed by atoms with Crippen molar-refractivity contribution >= 4 is 38.8 Å². The molecule has 1 fully saturated rings. The highest BCUT2D eigenvalue weighted by Crippen LogP contribution is 2.47. The second-order valence-electron chi connectivity index (χ2n) is 14.6. The van der Waals surface area contributed by atoms with E-state index >= 15 is 0 Å². The van der Waals surface area contributed by atoms with Gasteiger partial charge in [-0.3, -0.25) is 9.52 Å². The largest absolute Gasteiger partial charge is 0.490 e. The van der Waals surface area contributed by atoms with Crippen molar-refractivity contribution in [1.29, 1.82) is 0 Å². The lowest BCUT2D eigenvalue weighted by molar-refractivity contribution is -0.0309. The van der Waals surface area contributed by atoms with Gasteiger partial charge in [0.25, 0.3) is 5.91 Å². The van der Waals surface area contributed by atoms with Crippen LogP contribution in [0, 0.1) is 23.7 Å². The van der Waals surface area contributed by atoms with E-state index in [0.29, 0.717) is 37.2 Å². The first kappa shape index (κ1) is 34.3. The van der Waals surface area contributed by atoms with Crippen LogP contribution in [0.25, 0.3) is 0 Å². The zero-order valence-electron chi connectivity index (χ0n) is 28.3. The van der Waals surface area contributed by atoms with Crippen LogP contribution in [-0.4, -0.2) is 67.4 Å². The summed E-state index contributed by atoms with van der Waals surface area (Å²) in [6.07, 6.45) is 10.4. The number of allylic oxidation sites excluding steroid dienone is 1. The van der Waals surface area contributed by atoms with E-state index < -0.39 is 9.71 Å². The van der Waals surface area contributed by atoms with Crippen LogP contribution in [0.3, 0.4) is 0 Å². The van der Waals surface area contributed by atoms with Crippen molar-refractivity contribution < 1.29 is 23.2 Å². The number of benzene rings is 2. The van der Waals surface area contributed by atoms with Crippen LogP contribution in [0.15, 0.2) is 48.6 Å². The maximum absolute atomic E-state index is 14.2. The van der Waals surface area contributed by atoms with E-state index in [4.69, 9.17) is 25.8 Å². The Hall–Kier alpha value is -2.52. The van der Waals surface area contributed by atoms with Crippen molar-refractivity contribution in [2.75, 3.05) is 44.9 Å². The third-order valence-corrected chi connectivity index (χ3v) is 13.7. The minimum Gasteiger partial charge on any atom is -0.490 e. The molecule has 4 aliphatic rings. The van der Waals surface area contributed by atoms with Crippen LogP contribution in [-0.2, 0) is 31.0 Å². The Balaban J connectivity index is 1.42. The highest BCUT2D eigenvalue weighted by Gasteiger charge is 2.44. The monoisotopic (exact) mass is 682 g/mol. The number of carbonyl (C=O) groups is 1. The normalized spacial score (nSPS) is 33.2. The van der Waals surface area contributed by atoms with E-state index in [2.05, 4.69) is 60.5 Å². The first-order valence-electron chi connectivity index (χ1n) is 17.3.